The molecule has 0 heterocycles. The highest BCUT2D eigenvalue weighted by molar-refractivity contribution is 5.43. The molecule has 1 N–H and O–H groups in total. The van der Waals surface area contributed by atoms with Gasteiger partial charge < -0.3 is 5.11 Å². The topological polar surface area (TPSA) is 20.2 Å². The van der Waals surface area contributed by atoms with E-state index in [-0.39, 0.29) is 0 Å². The van der Waals surface area contributed by atoms with Gasteiger partial charge in [-0.2, -0.15) is 0 Å². The zero-order chi connectivity index (χ0) is 31.8. The van der Waals surface area contributed by atoms with E-state index in [4.69, 9.17) is 0 Å². The Bertz CT molecular complexity index is 722. The molecular formula is C43H80O. The Hall–Kier alpha value is -0.980. The molecule has 0 unspecified atom stereocenters. The standard InChI is InChI=1S/C43H80O/c1-4-6-8-10-12-14-16-18-20-22-24-26-28-30-32-34-36-41-38-40(3)39-43(44)42(41)37-35-33-31-29-27-25-23-21-19-17-15-13-11-9-7-5-2/h38-39,44H,4-37H2,1-3H3. The lowest BCUT2D eigenvalue weighted by Crippen LogP contribution is -1.98. The van der Waals surface area contributed by atoms with Gasteiger partial charge in [0.2, 0.25) is 0 Å². The number of benzene rings is 1. The fourth-order valence-corrected chi connectivity index (χ4v) is 7.10. The zero-order valence-electron chi connectivity index (χ0n) is 30.6. The van der Waals surface area contributed by atoms with Gasteiger partial charge in [0.05, 0.1) is 0 Å². The van der Waals surface area contributed by atoms with Crippen molar-refractivity contribution in [2.24, 2.45) is 0 Å². The molecular weight excluding hydrogens is 532 g/mol. The number of aromatic hydroxyl groups is 1. The lowest BCUT2D eigenvalue weighted by Gasteiger charge is -2.13. The van der Waals surface area contributed by atoms with E-state index < -0.39 is 0 Å². The van der Waals surface area contributed by atoms with Crippen LogP contribution < -0.4 is 0 Å². The number of aryl methyl sites for hydroxylation is 2. The SMILES string of the molecule is CCCCCCCCCCCCCCCCCCc1cc(C)cc(O)c1CCCCCCCCCCCCCCCCCC. The summed E-state index contributed by atoms with van der Waals surface area (Å²) in [6.07, 6.45) is 47.4. The number of phenolic OH excluding ortho intramolecular Hbond substituents is 1. The van der Waals surface area contributed by atoms with Gasteiger partial charge in [-0.1, -0.05) is 213 Å². The maximum absolute atomic E-state index is 10.7. The Morgan fingerprint density at radius 3 is 0.955 bits per heavy atom. The largest absolute Gasteiger partial charge is 0.508 e. The predicted octanol–water partition coefficient (Wildman–Crippen LogP) is 15.3. The summed E-state index contributed by atoms with van der Waals surface area (Å²) in [6.45, 7) is 6.74. The van der Waals surface area contributed by atoms with Crippen molar-refractivity contribution in [1.29, 1.82) is 0 Å². The summed E-state index contributed by atoms with van der Waals surface area (Å²) in [6, 6.07) is 4.34. The van der Waals surface area contributed by atoms with Gasteiger partial charge in [-0.25, -0.2) is 0 Å². The van der Waals surface area contributed by atoms with Crippen molar-refractivity contribution in [3.63, 3.8) is 0 Å². The lowest BCUT2D eigenvalue weighted by atomic mass is 9.94. The molecule has 0 fully saturated rings. The molecule has 0 radical (unpaired) electrons. The number of hydrogen-bond donors (Lipinski definition) is 1. The Morgan fingerprint density at radius 2 is 0.636 bits per heavy atom. The van der Waals surface area contributed by atoms with Crippen LogP contribution in [0.2, 0.25) is 0 Å². The molecule has 0 aliphatic heterocycles. The Morgan fingerprint density at radius 1 is 0.364 bits per heavy atom. The van der Waals surface area contributed by atoms with Gasteiger partial charge in [-0.15, -0.1) is 0 Å². The van der Waals surface area contributed by atoms with E-state index in [0.29, 0.717) is 5.75 Å². The first-order valence-electron chi connectivity index (χ1n) is 20.5. The molecule has 0 saturated carbocycles. The minimum atomic E-state index is 0.553. The lowest BCUT2D eigenvalue weighted by molar-refractivity contribution is 0.463. The van der Waals surface area contributed by atoms with E-state index in [2.05, 4.69) is 26.8 Å². The van der Waals surface area contributed by atoms with E-state index in [1.165, 1.54) is 222 Å². The first-order chi connectivity index (χ1) is 21.7. The van der Waals surface area contributed by atoms with Crippen molar-refractivity contribution in [1.82, 2.24) is 0 Å². The Labute approximate surface area is 278 Å². The maximum atomic E-state index is 10.7. The number of phenols is 1. The summed E-state index contributed by atoms with van der Waals surface area (Å²) in [5, 5.41) is 10.7. The highest BCUT2D eigenvalue weighted by Crippen LogP contribution is 2.27. The molecule has 0 atom stereocenters. The van der Waals surface area contributed by atoms with Gasteiger partial charge in [0.1, 0.15) is 5.75 Å². The normalized spacial score (nSPS) is 11.5. The van der Waals surface area contributed by atoms with E-state index in [1.807, 2.05) is 6.07 Å². The second kappa shape index (κ2) is 32.0. The molecule has 0 aliphatic rings. The van der Waals surface area contributed by atoms with Gasteiger partial charge in [-0.3, -0.25) is 0 Å². The van der Waals surface area contributed by atoms with Gasteiger partial charge in [0.25, 0.3) is 0 Å². The van der Waals surface area contributed by atoms with E-state index >= 15 is 0 Å². The van der Waals surface area contributed by atoms with Crippen molar-refractivity contribution < 1.29 is 5.11 Å². The van der Waals surface area contributed by atoms with E-state index in [9.17, 15) is 5.11 Å². The van der Waals surface area contributed by atoms with Crippen LogP contribution in [-0.4, -0.2) is 5.11 Å². The van der Waals surface area contributed by atoms with Crippen LogP contribution in [0.4, 0.5) is 0 Å². The van der Waals surface area contributed by atoms with Crippen LogP contribution in [-0.2, 0) is 12.8 Å². The molecule has 1 heteroatoms. The molecule has 0 saturated heterocycles. The van der Waals surface area contributed by atoms with Gasteiger partial charge in [0.15, 0.2) is 0 Å². The van der Waals surface area contributed by atoms with Gasteiger partial charge >= 0.3 is 0 Å². The molecule has 1 nitrogen and oxygen atoms in total. The van der Waals surface area contributed by atoms with Crippen molar-refractivity contribution in [3.8, 4) is 5.75 Å². The van der Waals surface area contributed by atoms with Crippen molar-refractivity contribution in [3.05, 3.63) is 28.8 Å². The van der Waals surface area contributed by atoms with Crippen LogP contribution in [0.25, 0.3) is 0 Å². The molecule has 0 spiro atoms. The second-order valence-corrected chi connectivity index (χ2v) is 14.5. The fourth-order valence-electron chi connectivity index (χ4n) is 7.10. The van der Waals surface area contributed by atoms with Crippen LogP contribution in [0.5, 0.6) is 5.75 Å². The quantitative estimate of drug-likeness (QED) is 0.0768. The highest BCUT2D eigenvalue weighted by Gasteiger charge is 2.09. The highest BCUT2D eigenvalue weighted by atomic mass is 16.3. The molecule has 1 aromatic carbocycles. The van der Waals surface area contributed by atoms with Gasteiger partial charge in [-0.05, 0) is 55.4 Å². The summed E-state index contributed by atoms with van der Waals surface area (Å²) >= 11 is 0. The van der Waals surface area contributed by atoms with Crippen molar-refractivity contribution >= 4 is 0 Å². The maximum Gasteiger partial charge on any atom is 0.119 e. The summed E-state index contributed by atoms with van der Waals surface area (Å²) in [7, 11) is 0. The average molecular weight is 613 g/mol. The minimum absolute atomic E-state index is 0.553. The summed E-state index contributed by atoms with van der Waals surface area (Å²) in [4.78, 5) is 0. The van der Waals surface area contributed by atoms with E-state index in [1.54, 1.807) is 0 Å². The predicted molar refractivity (Wildman–Crippen MR) is 199 cm³/mol. The first kappa shape index (κ1) is 41.0. The molecule has 44 heavy (non-hydrogen) atoms. The summed E-state index contributed by atoms with van der Waals surface area (Å²) in [5.41, 5.74) is 3.89. The Kier molecular flexibility index (Phi) is 29.8. The van der Waals surface area contributed by atoms with Crippen molar-refractivity contribution in [2.75, 3.05) is 0 Å². The molecule has 0 amide bonds. The monoisotopic (exact) mass is 613 g/mol. The van der Waals surface area contributed by atoms with Crippen molar-refractivity contribution in [2.45, 2.75) is 239 Å². The zero-order valence-corrected chi connectivity index (χ0v) is 30.6. The molecule has 0 aliphatic carbocycles. The van der Waals surface area contributed by atoms with Crippen LogP contribution in [0.15, 0.2) is 12.1 Å². The van der Waals surface area contributed by atoms with Crippen LogP contribution in [0.3, 0.4) is 0 Å². The Balaban J connectivity index is 2.01. The first-order valence-corrected chi connectivity index (χ1v) is 20.5. The number of unbranched alkanes of at least 4 members (excludes halogenated alkanes) is 30. The molecule has 1 aromatic rings. The van der Waals surface area contributed by atoms with Crippen LogP contribution in [0.1, 0.15) is 236 Å². The fraction of sp³-hybridized carbons (Fsp3) is 0.860. The molecule has 0 bridgehead atoms. The number of hydrogen-bond acceptors (Lipinski definition) is 1. The average Bonchev–Trinajstić information content (AvgIpc) is 3.01. The van der Waals surface area contributed by atoms with Gasteiger partial charge in [0, 0.05) is 0 Å². The van der Waals surface area contributed by atoms with Crippen LogP contribution in [0, 0.1) is 6.92 Å². The molecule has 1 rings (SSSR count). The third-order valence-electron chi connectivity index (χ3n) is 10.0. The third-order valence-corrected chi connectivity index (χ3v) is 10.0. The van der Waals surface area contributed by atoms with E-state index in [0.717, 1.165) is 12.8 Å². The molecule has 258 valence electrons. The molecule has 0 aromatic heterocycles. The third kappa shape index (κ3) is 25.2. The number of rotatable bonds is 34. The summed E-state index contributed by atoms with van der Waals surface area (Å²) < 4.78 is 0. The van der Waals surface area contributed by atoms with Crippen LogP contribution >= 0.6 is 0 Å². The smallest absolute Gasteiger partial charge is 0.119 e. The summed E-state index contributed by atoms with van der Waals surface area (Å²) in [5.74, 6) is 0.553. The minimum Gasteiger partial charge on any atom is -0.508 e. The second-order valence-electron chi connectivity index (χ2n) is 14.5.